The van der Waals surface area contributed by atoms with E-state index < -0.39 is 0 Å². The molecule has 0 saturated carbocycles. The highest BCUT2D eigenvalue weighted by Gasteiger charge is 2.24. The number of carbonyl (C=O) groups is 1. The van der Waals surface area contributed by atoms with Crippen molar-refractivity contribution in [1.82, 2.24) is 10.2 Å². The number of anilines is 1. The van der Waals surface area contributed by atoms with Crippen molar-refractivity contribution in [3.05, 3.63) is 77.7 Å². The average Bonchev–Trinajstić information content (AvgIpc) is 3.30. The van der Waals surface area contributed by atoms with Gasteiger partial charge in [-0.2, -0.15) is 0 Å². The lowest BCUT2D eigenvalue weighted by Crippen LogP contribution is -2.30. The molecule has 0 aliphatic carbocycles. The van der Waals surface area contributed by atoms with Crippen molar-refractivity contribution in [3.63, 3.8) is 0 Å². The van der Waals surface area contributed by atoms with Gasteiger partial charge in [0.05, 0.1) is 12.5 Å². The number of carbonyl (C=O) groups excluding carboxylic acids is 1. The second kappa shape index (κ2) is 14.9. The van der Waals surface area contributed by atoms with E-state index in [9.17, 15) is 4.79 Å². The first-order valence-corrected chi connectivity index (χ1v) is 11.0. The first kappa shape index (κ1) is 26.0. The molecule has 0 amide bonds. The summed E-state index contributed by atoms with van der Waals surface area (Å²) in [4.78, 5) is 11.7. The Bertz CT molecular complexity index is 840. The lowest BCUT2D eigenvalue weighted by atomic mass is 9.89. The van der Waals surface area contributed by atoms with E-state index in [1.807, 2.05) is 63.3 Å². The lowest BCUT2D eigenvalue weighted by Gasteiger charge is -2.17. The van der Waals surface area contributed by atoms with E-state index in [4.69, 9.17) is 10.3 Å². The Kier molecular flexibility index (Phi) is 12.5. The Morgan fingerprint density at radius 1 is 1.26 bits per heavy atom. The number of hydrogen-bond acceptors (Lipinski definition) is 6. The molecule has 0 bridgehead atoms. The number of allylic oxidation sites excluding steroid dienone is 5. The Labute approximate surface area is 186 Å². The summed E-state index contributed by atoms with van der Waals surface area (Å²) >= 11 is 0. The van der Waals surface area contributed by atoms with E-state index >= 15 is 0 Å². The molecular weight excluding hydrogens is 388 g/mol. The largest absolute Gasteiger partial charge is 0.406 e. The first-order valence-electron chi connectivity index (χ1n) is 11.0. The van der Waals surface area contributed by atoms with Crippen LogP contribution in [0.15, 0.2) is 70.7 Å². The van der Waals surface area contributed by atoms with Crippen molar-refractivity contribution >= 4 is 12.3 Å². The van der Waals surface area contributed by atoms with Crippen molar-refractivity contribution in [3.8, 4) is 0 Å². The van der Waals surface area contributed by atoms with Gasteiger partial charge < -0.3 is 4.42 Å². The summed E-state index contributed by atoms with van der Waals surface area (Å²) in [6, 6.07) is 10.1. The maximum Gasteiger partial charge on any atom is 0.333 e. The summed E-state index contributed by atoms with van der Waals surface area (Å²) in [5, 5.41) is 9.78. The van der Waals surface area contributed by atoms with Crippen LogP contribution in [0.2, 0.25) is 0 Å². The monoisotopic (exact) mass is 424 g/mol. The van der Waals surface area contributed by atoms with Crippen LogP contribution >= 0.6 is 0 Å². The molecule has 0 saturated heterocycles. The second-order valence-electron chi connectivity index (χ2n) is 6.79. The van der Waals surface area contributed by atoms with Gasteiger partial charge in [0.2, 0.25) is 5.89 Å². The van der Waals surface area contributed by atoms with Gasteiger partial charge >= 0.3 is 6.01 Å². The van der Waals surface area contributed by atoms with Gasteiger partial charge in [0, 0.05) is 0 Å². The van der Waals surface area contributed by atoms with Crippen LogP contribution in [0.3, 0.4) is 0 Å². The Morgan fingerprint density at radius 3 is 2.55 bits per heavy atom. The van der Waals surface area contributed by atoms with Crippen LogP contribution in [-0.4, -0.2) is 16.5 Å². The van der Waals surface area contributed by atoms with Crippen molar-refractivity contribution in [2.75, 3.05) is 5.01 Å². The van der Waals surface area contributed by atoms with Gasteiger partial charge in [-0.1, -0.05) is 87.4 Å². The summed E-state index contributed by atoms with van der Waals surface area (Å²) in [6.07, 6.45) is 9.77. The molecule has 0 aliphatic rings. The SMILES string of the molecule is C=C/C(=C(/C=O)CC/C=C\C)C(CCC)c1nnc(N(N)Cc2ccccc2)o1.CC. The summed E-state index contributed by atoms with van der Waals surface area (Å²) in [5.74, 6) is 6.40. The summed E-state index contributed by atoms with van der Waals surface area (Å²) in [5.41, 5.74) is 2.59. The molecule has 0 aliphatic heterocycles. The topological polar surface area (TPSA) is 85.2 Å². The summed E-state index contributed by atoms with van der Waals surface area (Å²) in [7, 11) is 0. The fraction of sp³-hybridized carbons (Fsp3) is 0.400. The van der Waals surface area contributed by atoms with E-state index in [0.29, 0.717) is 24.4 Å². The van der Waals surface area contributed by atoms with Crippen LogP contribution in [0.25, 0.3) is 0 Å². The highest BCUT2D eigenvalue weighted by atomic mass is 16.4. The molecule has 0 spiro atoms. The first-order chi connectivity index (χ1) is 15.1. The van der Waals surface area contributed by atoms with Gasteiger partial charge in [-0.25, -0.2) is 5.84 Å². The van der Waals surface area contributed by atoms with Crippen LogP contribution in [0.1, 0.15) is 70.8 Å². The van der Waals surface area contributed by atoms with Gasteiger partial charge in [0.25, 0.3) is 0 Å². The van der Waals surface area contributed by atoms with Crippen molar-refractivity contribution in [1.29, 1.82) is 0 Å². The molecule has 2 N–H and O–H groups in total. The zero-order valence-corrected chi connectivity index (χ0v) is 19.3. The quantitative estimate of drug-likeness (QED) is 0.114. The fourth-order valence-corrected chi connectivity index (χ4v) is 3.21. The molecule has 168 valence electrons. The van der Waals surface area contributed by atoms with E-state index in [2.05, 4.69) is 23.7 Å². The number of aldehydes is 1. The van der Waals surface area contributed by atoms with Gasteiger partial charge in [0.1, 0.15) is 6.29 Å². The number of aromatic nitrogens is 2. The van der Waals surface area contributed by atoms with Crippen LogP contribution in [0.4, 0.5) is 6.01 Å². The zero-order chi connectivity index (χ0) is 23.1. The molecule has 31 heavy (non-hydrogen) atoms. The summed E-state index contributed by atoms with van der Waals surface area (Å²) < 4.78 is 5.90. The number of nitrogens with two attached hydrogens (primary N) is 1. The molecule has 1 heterocycles. The van der Waals surface area contributed by atoms with Crippen LogP contribution in [-0.2, 0) is 11.3 Å². The maximum absolute atomic E-state index is 11.7. The minimum Gasteiger partial charge on any atom is -0.406 e. The molecule has 6 nitrogen and oxygen atoms in total. The molecule has 1 unspecified atom stereocenters. The number of nitrogens with zero attached hydrogens (tertiary/aromatic N) is 3. The van der Waals surface area contributed by atoms with Gasteiger partial charge in [-0.15, -0.1) is 5.10 Å². The van der Waals surface area contributed by atoms with Crippen LogP contribution in [0.5, 0.6) is 0 Å². The molecule has 2 rings (SSSR count). The third-order valence-electron chi connectivity index (χ3n) is 4.67. The number of rotatable bonds is 12. The standard InChI is InChI=1S/C23H30N4O2.C2H6/c1-4-7-9-15-19(17-28)20(6-3)21(12-5-2)22-25-26-23(29-22)27(24)16-18-13-10-8-11-14-18;1-2/h4,6-8,10-11,13-14,17,21H,3,5,9,12,15-16,24H2,1-2H3;1-2H3/b7-4-,20-19-;. The number of hydrogen-bond donors (Lipinski definition) is 1. The van der Waals surface area contributed by atoms with E-state index in [0.717, 1.165) is 36.7 Å². The molecule has 1 atom stereocenters. The Balaban J connectivity index is 0.00000233. The van der Waals surface area contributed by atoms with Crippen molar-refractivity contribution in [2.24, 2.45) is 5.84 Å². The minimum absolute atomic E-state index is 0.185. The highest BCUT2D eigenvalue weighted by Crippen LogP contribution is 2.33. The van der Waals surface area contributed by atoms with Gasteiger partial charge in [0.15, 0.2) is 0 Å². The van der Waals surface area contributed by atoms with Crippen LogP contribution < -0.4 is 10.9 Å². The molecule has 0 radical (unpaired) electrons. The number of benzene rings is 1. The Hall–Kier alpha value is -2.99. The predicted octanol–water partition coefficient (Wildman–Crippen LogP) is 5.90. The molecule has 1 aromatic heterocycles. The minimum atomic E-state index is -0.185. The fourth-order valence-electron chi connectivity index (χ4n) is 3.21. The zero-order valence-electron chi connectivity index (χ0n) is 19.3. The third-order valence-corrected chi connectivity index (χ3v) is 4.67. The van der Waals surface area contributed by atoms with E-state index in [1.54, 1.807) is 6.08 Å². The second-order valence-corrected chi connectivity index (χ2v) is 6.79. The lowest BCUT2D eigenvalue weighted by molar-refractivity contribution is -0.105. The van der Waals surface area contributed by atoms with E-state index in [1.165, 1.54) is 5.01 Å². The normalized spacial score (nSPS) is 12.5. The summed E-state index contributed by atoms with van der Waals surface area (Å²) in [6.45, 7) is 12.4. The highest BCUT2D eigenvalue weighted by molar-refractivity contribution is 5.76. The smallest absolute Gasteiger partial charge is 0.333 e. The number of hydrazine groups is 1. The maximum atomic E-state index is 11.7. The molecular formula is C25H36N4O2. The molecule has 2 aromatic rings. The molecule has 6 heteroatoms. The molecule has 0 fully saturated rings. The van der Waals surface area contributed by atoms with Crippen molar-refractivity contribution < 1.29 is 9.21 Å². The van der Waals surface area contributed by atoms with Gasteiger partial charge in [-0.3, -0.25) is 9.80 Å². The van der Waals surface area contributed by atoms with Crippen molar-refractivity contribution in [2.45, 2.75) is 65.8 Å². The molecule has 1 aromatic carbocycles. The average molecular weight is 425 g/mol. The predicted molar refractivity (Wildman–Crippen MR) is 127 cm³/mol. The van der Waals surface area contributed by atoms with Crippen LogP contribution in [0, 0.1) is 0 Å². The Morgan fingerprint density at radius 2 is 1.97 bits per heavy atom. The van der Waals surface area contributed by atoms with E-state index in [-0.39, 0.29) is 11.9 Å². The third kappa shape index (κ3) is 7.98. The van der Waals surface area contributed by atoms with Gasteiger partial charge in [-0.05, 0) is 42.9 Å².